The van der Waals surface area contributed by atoms with Gasteiger partial charge in [0.1, 0.15) is 27.5 Å². The van der Waals surface area contributed by atoms with Crippen molar-refractivity contribution in [3.8, 4) is 5.75 Å². The van der Waals surface area contributed by atoms with E-state index in [0.29, 0.717) is 11.3 Å². The number of benzene rings is 1. The highest BCUT2D eigenvalue weighted by Crippen LogP contribution is 2.52. The number of pyridine rings is 1. The van der Waals surface area contributed by atoms with Gasteiger partial charge in [0.25, 0.3) is 0 Å². The predicted octanol–water partition coefficient (Wildman–Crippen LogP) is 1.63. The van der Waals surface area contributed by atoms with Gasteiger partial charge in [0.15, 0.2) is 5.78 Å². The van der Waals surface area contributed by atoms with Gasteiger partial charge in [0.2, 0.25) is 26.0 Å². The molecule has 1 spiro atoms. The number of Topliss-reactive ketones (excluding diaryl/α,β-unsaturated/α-hetero) is 1. The number of sulfonamides is 2. The smallest absolute Gasteiger partial charge is 0.247 e. The van der Waals surface area contributed by atoms with Crippen LogP contribution in [0.4, 0.5) is 4.39 Å². The lowest BCUT2D eigenvalue weighted by Gasteiger charge is -2.48. The molecule has 0 radical (unpaired) electrons. The van der Waals surface area contributed by atoms with Crippen LogP contribution in [0, 0.1) is 5.82 Å². The highest BCUT2D eigenvalue weighted by Gasteiger charge is 2.67. The Hall–Kier alpha value is -3.82. The second kappa shape index (κ2) is 10.2. The zero-order valence-electron chi connectivity index (χ0n) is 23.5. The fourth-order valence-corrected chi connectivity index (χ4v) is 9.45. The Balaban J connectivity index is 1.58. The first-order valence-corrected chi connectivity index (χ1v) is 15.8. The Bertz CT molecular complexity index is 1810. The molecule has 2 aromatic heterocycles. The summed E-state index contributed by atoms with van der Waals surface area (Å²) in [5.41, 5.74) is 4.67. The topological polar surface area (TPSA) is 157 Å². The minimum Gasteiger partial charge on any atom is -0.495 e. The van der Waals surface area contributed by atoms with E-state index in [1.807, 2.05) is 0 Å². The first-order valence-electron chi connectivity index (χ1n) is 12.9. The number of halogens is 1. The van der Waals surface area contributed by atoms with Crippen molar-refractivity contribution in [3.05, 3.63) is 77.6 Å². The van der Waals surface area contributed by atoms with Gasteiger partial charge in [-0.1, -0.05) is 6.07 Å². The lowest BCUT2D eigenvalue weighted by molar-refractivity contribution is 0.0988. The van der Waals surface area contributed by atoms with Crippen molar-refractivity contribution in [2.45, 2.75) is 34.9 Å². The van der Waals surface area contributed by atoms with Gasteiger partial charge in [-0.3, -0.25) is 4.79 Å². The van der Waals surface area contributed by atoms with Gasteiger partial charge in [-0.15, -0.1) is 0 Å². The average Bonchev–Trinajstić information content (AvgIpc) is 3.62. The van der Waals surface area contributed by atoms with Crippen molar-refractivity contribution in [2.24, 2.45) is 17.8 Å². The van der Waals surface area contributed by atoms with Crippen molar-refractivity contribution in [1.29, 1.82) is 0 Å². The van der Waals surface area contributed by atoms with E-state index in [9.17, 15) is 21.6 Å². The lowest BCUT2D eigenvalue weighted by atomic mass is 9.77. The number of nitrogens with two attached hydrogens (primary N) is 1. The van der Waals surface area contributed by atoms with E-state index >= 15 is 4.39 Å². The quantitative estimate of drug-likeness (QED) is 0.392. The van der Waals surface area contributed by atoms with E-state index in [4.69, 9.17) is 10.5 Å². The summed E-state index contributed by atoms with van der Waals surface area (Å²) in [4.78, 5) is 21.6. The molecule has 1 aromatic carbocycles. The molecular weight excluding hydrogens is 587 g/mol. The first-order chi connectivity index (χ1) is 19.7. The van der Waals surface area contributed by atoms with Crippen molar-refractivity contribution < 1.29 is 30.8 Å². The number of carbonyl (C=O) groups excluding carboxylic acids is 1. The molecule has 2 N–H and O–H groups in total. The minimum atomic E-state index is -4.37. The molecule has 4 heterocycles. The third-order valence-electron chi connectivity index (χ3n) is 8.22. The number of aliphatic imine (C=N–C) groups is 1. The van der Waals surface area contributed by atoms with Crippen LogP contribution < -0.4 is 10.5 Å². The summed E-state index contributed by atoms with van der Waals surface area (Å²) in [7, 11) is -4.07. The van der Waals surface area contributed by atoms with Crippen LogP contribution in [0.1, 0.15) is 35.0 Å². The van der Waals surface area contributed by atoms with Crippen LogP contribution in [-0.2, 0) is 39.1 Å². The van der Waals surface area contributed by atoms with Crippen LogP contribution in [0.3, 0.4) is 0 Å². The van der Waals surface area contributed by atoms with E-state index in [0.717, 1.165) is 14.7 Å². The molecular formula is C27H31FN6O6S2. The fraction of sp³-hybridized carbons (Fsp3) is 0.370. The number of aryl methyl sites for hydroxylation is 1. The Labute approximate surface area is 243 Å². The van der Waals surface area contributed by atoms with Gasteiger partial charge in [0, 0.05) is 51.6 Å². The average molecular weight is 619 g/mol. The van der Waals surface area contributed by atoms with Crippen LogP contribution in [0.15, 0.2) is 64.9 Å². The highest BCUT2D eigenvalue weighted by molar-refractivity contribution is 7.91. The summed E-state index contributed by atoms with van der Waals surface area (Å²) in [6.07, 6.45) is 4.08. The second-order valence-electron chi connectivity index (χ2n) is 10.6. The van der Waals surface area contributed by atoms with Gasteiger partial charge in [-0.05, 0) is 49.2 Å². The second-order valence-corrected chi connectivity index (χ2v) is 14.8. The number of carbonyl (C=O) groups is 1. The molecule has 2 aliphatic rings. The van der Waals surface area contributed by atoms with Crippen molar-refractivity contribution in [3.63, 3.8) is 0 Å². The molecule has 2 atom stereocenters. The summed E-state index contributed by atoms with van der Waals surface area (Å²) >= 11 is 0. The summed E-state index contributed by atoms with van der Waals surface area (Å²) in [5.74, 6) is -1.00. The highest BCUT2D eigenvalue weighted by atomic mass is 32.2. The number of hydrogen-bond donors (Lipinski definition) is 1. The van der Waals surface area contributed by atoms with Crippen LogP contribution in [0.2, 0.25) is 0 Å². The van der Waals surface area contributed by atoms with E-state index in [1.165, 1.54) is 57.7 Å². The standard InChI is InChI=1S/C27H31FN6O6S2/c1-26(21-13-18(5-7-22(21)28)14-24(35)23-8-6-19(40-4)15-30-23)27(42(38,39)33(3)25(29)31-26)10-12-34(17-27)41(36,37)20-9-11-32(2)16-20/h5-9,11,13,15-16H,10,12,14,17H2,1-4H3,(H2,29,31)/t26-,27-/m1/s1. The monoisotopic (exact) mass is 618 g/mol. The van der Waals surface area contributed by atoms with Gasteiger partial charge < -0.3 is 15.0 Å². The molecule has 1 fully saturated rings. The Kier molecular flexibility index (Phi) is 7.18. The van der Waals surface area contributed by atoms with Crippen LogP contribution >= 0.6 is 0 Å². The lowest BCUT2D eigenvalue weighted by Crippen LogP contribution is -2.66. The Morgan fingerprint density at radius 2 is 1.93 bits per heavy atom. The summed E-state index contributed by atoms with van der Waals surface area (Å²) in [6.45, 7) is 0.818. The fourth-order valence-electron chi connectivity index (χ4n) is 5.68. The molecule has 0 aliphatic carbocycles. The SMILES string of the molecule is COc1ccc(C(=O)Cc2ccc(F)c([C@@]3(C)N=C(N)N(C)S(=O)(=O)[C@@]34CCN(S(=O)(=O)c3ccn(C)c3)C4)c2)nc1. The number of methoxy groups -OCH3 is 1. The summed E-state index contributed by atoms with van der Waals surface area (Å²) in [6, 6.07) is 8.49. The summed E-state index contributed by atoms with van der Waals surface area (Å²) < 4.78 is 77.6. The van der Waals surface area contributed by atoms with Gasteiger partial charge in [-0.25, -0.2) is 35.5 Å². The molecule has 0 amide bonds. The zero-order valence-corrected chi connectivity index (χ0v) is 25.1. The zero-order chi connectivity index (χ0) is 30.7. The maximum absolute atomic E-state index is 15.7. The molecule has 224 valence electrons. The van der Waals surface area contributed by atoms with E-state index in [-0.39, 0.29) is 47.3 Å². The maximum Gasteiger partial charge on any atom is 0.247 e. The van der Waals surface area contributed by atoms with E-state index < -0.39 is 42.7 Å². The first kappa shape index (κ1) is 29.7. The number of hydrogen-bond acceptors (Lipinski definition) is 9. The van der Waals surface area contributed by atoms with Crippen molar-refractivity contribution >= 4 is 31.8 Å². The van der Waals surface area contributed by atoms with Gasteiger partial charge in [0.05, 0.1) is 18.2 Å². The molecule has 15 heteroatoms. The van der Waals surface area contributed by atoms with Crippen molar-refractivity contribution in [2.75, 3.05) is 27.2 Å². The molecule has 3 aromatic rings. The van der Waals surface area contributed by atoms with E-state index in [2.05, 4.69) is 9.98 Å². The molecule has 1 saturated heterocycles. The largest absolute Gasteiger partial charge is 0.495 e. The normalized spacial score (nSPS) is 24.1. The van der Waals surface area contributed by atoms with Crippen LogP contribution in [-0.4, -0.2) is 78.7 Å². The van der Waals surface area contributed by atoms with E-state index in [1.54, 1.807) is 23.9 Å². The summed E-state index contributed by atoms with van der Waals surface area (Å²) in [5, 5.41) is 0. The third-order valence-corrected chi connectivity index (χ3v) is 12.7. The molecule has 2 aliphatic heterocycles. The van der Waals surface area contributed by atoms with Crippen LogP contribution in [0.5, 0.6) is 5.75 Å². The molecule has 12 nitrogen and oxygen atoms in total. The van der Waals surface area contributed by atoms with Gasteiger partial charge >= 0.3 is 0 Å². The number of ether oxygens (including phenoxy) is 1. The van der Waals surface area contributed by atoms with Crippen LogP contribution in [0.25, 0.3) is 0 Å². The minimum absolute atomic E-state index is 0.00663. The molecule has 0 unspecified atom stereocenters. The molecule has 5 rings (SSSR count). The number of guanidine groups is 1. The van der Waals surface area contributed by atoms with Gasteiger partial charge in [-0.2, -0.15) is 4.31 Å². The van der Waals surface area contributed by atoms with Crippen molar-refractivity contribution in [1.82, 2.24) is 18.2 Å². The number of rotatable bonds is 7. The maximum atomic E-state index is 15.7. The third kappa shape index (κ3) is 4.46. The number of nitrogens with zero attached hydrogens (tertiary/aromatic N) is 5. The molecule has 0 saturated carbocycles. The Morgan fingerprint density at radius 1 is 1.19 bits per heavy atom. The molecule has 42 heavy (non-hydrogen) atoms. The number of aromatic nitrogens is 2. The Morgan fingerprint density at radius 3 is 2.55 bits per heavy atom. The number of ketones is 1. The predicted molar refractivity (Wildman–Crippen MR) is 152 cm³/mol. The molecule has 0 bridgehead atoms.